The molecule has 0 aliphatic carbocycles. The Labute approximate surface area is 194 Å². The van der Waals surface area contributed by atoms with Gasteiger partial charge in [0, 0.05) is 11.9 Å². The van der Waals surface area contributed by atoms with Gasteiger partial charge in [-0.2, -0.15) is 0 Å². The number of benzene rings is 2. The van der Waals surface area contributed by atoms with Crippen LogP contribution >= 0.6 is 11.8 Å². The van der Waals surface area contributed by atoms with Gasteiger partial charge in [0.25, 0.3) is 5.56 Å². The van der Waals surface area contributed by atoms with Crippen LogP contribution in [0.5, 0.6) is 0 Å². The molecule has 0 bridgehead atoms. The molecule has 0 radical (unpaired) electrons. The van der Waals surface area contributed by atoms with Crippen molar-refractivity contribution in [2.24, 2.45) is 0 Å². The van der Waals surface area contributed by atoms with Crippen molar-refractivity contribution in [1.82, 2.24) is 19.9 Å². The molecule has 2 N–H and O–H groups in total. The van der Waals surface area contributed by atoms with Crippen molar-refractivity contribution in [3.05, 3.63) is 88.8 Å². The number of fused-ring (bicyclic) bond motifs is 1. The number of nitrogens with zero attached hydrogens (tertiary/aromatic N) is 3. The summed E-state index contributed by atoms with van der Waals surface area (Å²) < 4.78 is 1.40. The average Bonchev–Trinajstić information content (AvgIpc) is 2.80. The van der Waals surface area contributed by atoms with Crippen LogP contribution in [-0.4, -0.2) is 31.7 Å². The summed E-state index contributed by atoms with van der Waals surface area (Å²) in [6, 6.07) is 18.8. The number of anilines is 1. The summed E-state index contributed by atoms with van der Waals surface area (Å²) in [6.45, 7) is 3.55. The summed E-state index contributed by atoms with van der Waals surface area (Å²) >= 11 is 1.08. The molecule has 0 fully saturated rings. The third-order valence-electron chi connectivity index (χ3n) is 4.79. The summed E-state index contributed by atoms with van der Waals surface area (Å²) in [5, 5.41) is 4.98. The van der Waals surface area contributed by atoms with Crippen molar-refractivity contribution < 1.29 is 9.59 Å². The standard InChI is InChI=1S/C24H21N5O3S/c1-15-12-13-25-20(14-15)29-22(31)18-10-6-7-11-19(18)27-24(29)33-16(2)21(30)28-23(32)26-17-8-4-3-5-9-17/h3-14,16H,1-2H3,(H2,26,28,30,32). The Kier molecular flexibility index (Phi) is 6.50. The third kappa shape index (κ3) is 5.09. The molecule has 4 aromatic rings. The number of para-hydroxylation sites is 2. The predicted octanol–water partition coefficient (Wildman–Crippen LogP) is 3.92. The van der Waals surface area contributed by atoms with Gasteiger partial charge in [0.2, 0.25) is 5.91 Å². The molecule has 0 aliphatic rings. The molecule has 4 rings (SSSR count). The van der Waals surface area contributed by atoms with E-state index in [0.29, 0.717) is 27.6 Å². The van der Waals surface area contributed by atoms with Crippen molar-refractivity contribution in [2.45, 2.75) is 24.3 Å². The number of hydrogen-bond donors (Lipinski definition) is 2. The van der Waals surface area contributed by atoms with Crippen LogP contribution in [0.1, 0.15) is 12.5 Å². The lowest BCUT2D eigenvalue weighted by atomic mass is 10.2. The van der Waals surface area contributed by atoms with E-state index in [0.717, 1.165) is 17.3 Å². The monoisotopic (exact) mass is 459 g/mol. The molecular formula is C24H21N5O3S. The van der Waals surface area contributed by atoms with Crippen molar-refractivity contribution in [1.29, 1.82) is 0 Å². The summed E-state index contributed by atoms with van der Waals surface area (Å²) in [6.07, 6.45) is 1.62. The Hall–Kier alpha value is -3.98. The lowest BCUT2D eigenvalue weighted by Gasteiger charge is -2.16. The fourth-order valence-electron chi connectivity index (χ4n) is 3.14. The fourth-order valence-corrected chi connectivity index (χ4v) is 4.06. The molecule has 2 aromatic heterocycles. The first-order valence-electron chi connectivity index (χ1n) is 10.2. The fraction of sp³-hybridized carbons (Fsp3) is 0.125. The zero-order chi connectivity index (χ0) is 23.4. The van der Waals surface area contributed by atoms with E-state index >= 15 is 0 Å². The lowest BCUT2D eigenvalue weighted by molar-refractivity contribution is -0.119. The highest BCUT2D eigenvalue weighted by atomic mass is 32.2. The molecule has 9 heteroatoms. The minimum atomic E-state index is -0.712. The van der Waals surface area contributed by atoms with Crippen LogP contribution in [0.4, 0.5) is 10.5 Å². The van der Waals surface area contributed by atoms with Gasteiger partial charge in [0.05, 0.1) is 16.2 Å². The molecule has 2 aromatic carbocycles. The van der Waals surface area contributed by atoms with Gasteiger partial charge in [-0.05, 0) is 55.8 Å². The molecule has 166 valence electrons. The summed E-state index contributed by atoms with van der Waals surface area (Å²) in [4.78, 5) is 47.1. The van der Waals surface area contributed by atoms with Crippen LogP contribution in [0, 0.1) is 6.92 Å². The van der Waals surface area contributed by atoms with Crippen LogP contribution in [-0.2, 0) is 4.79 Å². The molecule has 0 saturated heterocycles. The summed E-state index contributed by atoms with van der Waals surface area (Å²) in [5.41, 5.74) is 1.73. The lowest BCUT2D eigenvalue weighted by Crippen LogP contribution is -2.39. The number of nitrogens with one attached hydrogen (secondary N) is 2. The average molecular weight is 460 g/mol. The van der Waals surface area contributed by atoms with Crippen molar-refractivity contribution in [3.8, 4) is 5.82 Å². The second-order valence-electron chi connectivity index (χ2n) is 7.31. The van der Waals surface area contributed by atoms with E-state index < -0.39 is 17.2 Å². The molecule has 2 heterocycles. The molecule has 0 spiro atoms. The van der Waals surface area contributed by atoms with Gasteiger partial charge in [-0.1, -0.05) is 42.1 Å². The molecule has 8 nitrogen and oxygen atoms in total. The van der Waals surface area contributed by atoms with Gasteiger partial charge in [-0.15, -0.1) is 0 Å². The van der Waals surface area contributed by atoms with E-state index in [1.165, 1.54) is 4.57 Å². The van der Waals surface area contributed by atoms with Crippen LogP contribution in [0.15, 0.2) is 82.9 Å². The second kappa shape index (κ2) is 9.66. The van der Waals surface area contributed by atoms with E-state index in [1.54, 1.807) is 67.7 Å². The molecule has 0 saturated carbocycles. The topological polar surface area (TPSA) is 106 Å². The highest BCUT2D eigenvalue weighted by Gasteiger charge is 2.22. The number of carbonyl (C=O) groups excluding carboxylic acids is 2. The number of urea groups is 1. The normalized spacial score (nSPS) is 11.7. The number of imide groups is 1. The SMILES string of the molecule is Cc1ccnc(-n2c(SC(C)C(=O)NC(=O)Nc3ccccc3)nc3ccccc3c2=O)c1. The number of amides is 3. The van der Waals surface area contributed by atoms with E-state index in [2.05, 4.69) is 20.6 Å². The zero-order valence-corrected chi connectivity index (χ0v) is 18.8. The molecule has 0 aliphatic heterocycles. The van der Waals surface area contributed by atoms with Crippen LogP contribution in [0.25, 0.3) is 16.7 Å². The van der Waals surface area contributed by atoms with Crippen LogP contribution < -0.4 is 16.2 Å². The van der Waals surface area contributed by atoms with E-state index in [1.807, 2.05) is 19.1 Å². The van der Waals surface area contributed by atoms with Crippen molar-refractivity contribution in [2.75, 3.05) is 5.32 Å². The number of carbonyl (C=O) groups is 2. The molecule has 1 unspecified atom stereocenters. The highest BCUT2D eigenvalue weighted by molar-refractivity contribution is 8.00. The van der Waals surface area contributed by atoms with Gasteiger partial charge in [0.1, 0.15) is 5.82 Å². The smallest absolute Gasteiger partial charge is 0.308 e. The Balaban J connectivity index is 1.62. The molecule has 1 atom stereocenters. The van der Waals surface area contributed by atoms with Crippen LogP contribution in [0.3, 0.4) is 0 Å². The first-order valence-corrected chi connectivity index (χ1v) is 11.1. The third-order valence-corrected chi connectivity index (χ3v) is 5.85. The highest BCUT2D eigenvalue weighted by Crippen LogP contribution is 2.25. The number of thioether (sulfide) groups is 1. The Morgan fingerprint density at radius 1 is 1.03 bits per heavy atom. The minimum absolute atomic E-state index is 0.282. The molecule has 33 heavy (non-hydrogen) atoms. The number of pyridine rings is 1. The molecular weight excluding hydrogens is 438 g/mol. The predicted molar refractivity (Wildman–Crippen MR) is 129 cm³/mol. The van der Waals surface area contributed by atoms with E-state index in [9.17, 15) is 14.4 Å². The summed E-state index contributed by atoms with van der Waals surface area (Å²) in [5.74, 6) is -0.102. The minimum Gasteiger partial charge on any atom is -0.308 e. The van der Waals surface area contributed by atoms with Crippen LogP contribution in [0.2, 0.25) is 0 Å². The number of rotatable bonds is 5. The van der Waals surface area contributed by atoms with Gasteiger partial charge >= 0.3 is 6.03 Å². The largest absolute Gasteiger partial charge is 0.325 e. The second-order valence-corrected chi connectivity index (χ2v) is 8.62. The van der Waals surface area contributed by atoms with Gasteiger partial charge in [-0.25, -0.2) is 19.3 Å². The van der Waals surface area contributed by atoms with Crippen molar-refractivity contribution in [3.63, 3.8) is 0 Å². The summed E-state index contributed by atoms with van der Waals surface area (Å²) in [7, 11) is 0. The Morgan fingerprint density at radius 3 is 2.52 bits per heavy atom. The first-order chi connectivity index (χ1) is 15.9. The quantitative estimate of drug-likeness (QED) is 0.346. The Bertz CT molecular complexity index is 1390. The van der Waals surface area contributed by atoms with Crippen molar-refractivity contribution >= 4 is 40.3 Å². The molecule has 3 amide bonds. The number of hydrogen-bond acceptors (Lipinski definition) is 6. The maximum atomic E-state index is 13.3. The number of aryl methyl sites for hydroxylation is 1. The zero-order valence-electron chi connectivity index (χ0n) is 18.0. The number of aromatic nitrogens is 3. The van der Waals surface area contributed by atoms with E-state index in [4.69, 9.17) is 0 Å². The maximum absolute atomic E-state index is 13.3. The Morgan fingerprint density at radius 2 is 1.76 bits per heavy atom. The van der Waals surface area contributed by atoms with Gasteiger partial charge < -0.3 is 5.32 Å². The van der Waals surface area contributed by atoms with Gasteiger partial charge in [0.15, 0.2) is 5.16 Å². The first kappa shape index (κ1) is 22.2. The van der Waals surface area contributed by atoms with E-state index in [-0.39, 0.29) is 5.56 Å². The maximum Gasteiger partial charge on any atom is 0.325 e. The van der Waals surface area contributed by atoms with Gasteiger partial charge in [-0.3, -0.25) is 14.9 Å².